The largest absolute Gasteiger partial charge is 0.494 e. The van der Waals surface area contributed by atoms with Crippen LogP contribution in [0, 0.1) is 0 Å². The van der Waals surface area contributed by atoms with Crippen molar-refractivity contribution in [3.05, 3.63) is 29.8 Å². The van der Waals surface area contributed by atoms with Gasteiger partial charge in [0, 0.05) is 11.6 Å². The maximum atomic E-state index is 12.3. The van der Waals surface area contributed by atoms with Gasteiger partial charge in [-0.1, -0.05) is 12.1 Å². The lowest BCUT2D eigenvalue weighted by atomic mass is 9.78. The summed E-state index contributed by atoms with van der Waals surface area (Å²) in [6, 6.07) is 7.88. The number of carbonyl (C=O) groups is 1. The number of hydrogen-bond acceptors (Lipinski definition) is 3. The third kappa shape index (κ3) is 2.80. The zero-order chi connectivity index (χ0) is 16.0. The Kier molecular flexibility index (Phi) is 3.81. The maximum Gasteiger partial charge on any atom is 0.494 e. The van der Waals surface area contributed by atoms with Crippen LogP contribution in [0.3, 0.4) is 0 Å². The number of carbonyl (C=O) groups excluding carboxylic acids is 1. The fraction of sp³-hybridized carbons (Fsp3) is 0.588. The van der Waals surface area contributed by atoms with Crippen LogP contribution in [-0.4, -0.2) is 30.3 Å². The molecule has 22 heavy (non-hydrogen) atoms. The van der Waals surface area contributed by atoms with Crippen LogP contribution in [0.4, 0.5) is 0 Å². The van der Waals surface area contributed by atoms with E-state index in [9.17, 15) is 4.79 Å². The normalized spacial score (nSPS) is 23.2. The van der Waals surface area contributed by atoms with Gasteiger partial charge in [0.1, 0.15) is 0 Å². The molecule has 0 aromatic heterocycles. The zero-order valence-corrected chi connectivity index (χ0v) is 13.8. The topological polar surface area (TPSA) is 47.6 Å². The lowest BCUT2D eigenvalue weighted by Gasteiger charge is -2.32. The highest BCUT2D eigenvalue weighted by Gasteiger charge is 2.51. The van der Waals surface area contributed by atoms with Gasteiger partial charge in [-0.25, -0.2) is 0 Å². The molecule has 0 radical (unpaired) electrons. The van der Waals surface area contributed by atoms with Crippen LogP contribution in [0.2, 0.25) is 0 Å². The summed E-state index contributed by atoms with van der Waals surface area (Å²) in [4.78, 5) is 12.3. The average molecular weight is 301 g/mol. The van der Waals surface area contributed by atoms with Crippen molar-refractivity contribution in [1.82, 2.24) is 5.32 Å². The van der Waals surface area contributed by atoms with E-state index in [1.165, 1.54) is 6.42 Å². The van der Waals surface area contributed by atoms with Gasteiger partial charge in [0.25, 0.3) is 5.91 Å². The molecule has 1 heterocycles. The second-order valence-corrected chi connectivity index (χ2v) is 7.32. The molecule has 0 spiro atoms. The fourth-order valence-corrected chi connectivity index (χ4v) is 2.63. The summed E-state index contributed by atoms with van der Waals surface area (Å²) in [5.74, 6) is -0.0110. The average Bonchev–Trinajstić information content (AvgIpc) is 2.63. The van der Waals surface area contributed by atoms with E-state index in [1.54, 1.807) is 0 Å². The van der Waals surface area contributed by atoms with Gasteiger partial charge in [0.05, 0.1) is 11.2 Å². The Hall–Kier alpha value is -1.33. The van der Waals surface area contributed by atoms with E-state index in [-0.39, 0.29) is 17.1 Å². The molecule has 1 saturated heterocycles. The molecule has 2 fully saturated rings. The molecule has 1 aliphatic heterocycles. The fourth-order valence-electron chi connectivity index (χ4n) is 2.63. The first-order valence-electron chi connectivity index (χ1n) is 8.05. The Morgan fingerprint density at radius 1 is 1.18 bits per heavy atom. The van der Waals surface area contributed by atoms with Gasteiger partial charge in [-0.15, -0.1) is 0 Å². The van der Waals surface area contributed by atoms with E-state index >= 15 is 0 Å². The summed E-state index contributed by atoms with van der Waals surface area (Å²) in [6.45, 7) is 8.11. The Morgan fingerprint density at radius 2 is 1.82 bits per heavy atom. The first kappa shape index (κ1) is 15.6. The van der Waals surface area contributed by atoms with Crippen LogP contribution in [0.25, 0.3) is 0 Å². The summed E-state index contributed by atoms with van der Waals surface area (Å²) in [5.41, 5.74) is 0.808. The third-order valence-electron chi connectivity index (χ3n) is 5.11. The second-order valence-electron chi connectivity index (χ2n) is 7.32. The highest BCUT2D eigenvalue weighted by Crippen LogP contribution is 2.36. The molecule has 4 nitrogen and oxygen atoms in total. The molecule has 0 atom stereocenters. The lowest BCUT2D eigenvalue weighted by Crippen LogP contribution is -2.41. The maximum absolute atomic E-state index is 12.3. The van der Waals surface area contributed by atoms with Gasteiger partial charge in [0.2, 0.25) is 0 Å². The summed E-state index contributed by atoms with van der Waals surface area (Å²) in [5, 5.41) is 3.06. The minimum atomic E-state index is -0.429. The molecule has 2 aliphatic rings. The van der Waals surface area contributed by atoms with Crippen LogP contribution < -0.4 is 10.8 Å². The van der Waals surface area contributed by atoms with Gasteiger partial charge < -0.3 is 14.6 Å². The van der Waals surface area contributed by atoms with Crippen molar-refractivity contribution in [1.29, 1.82) is 0 Å². The molecule has 1 N–H and O–H groups in total. The first-order valence-corrected chi connectivity index (χ1v) is 8.05. The van der Waals surface area contributed by atoms with E-state index in [0.717, 1.165) is 18.3 Å². The molecule has 1 amide bonds. The van der Waals surface area contributed by atoms with Gasteiger partial charge in [0.15, 0.2) is 0 Å². The van der Waals surface area contributed by atoms with E-state index < -0.39 is 7.12 Å². The van der Waals surface area contributed by atoms with Crippen molar-refractivity contribution in [3.63, 3.8) is 0 Å². The van der Waals surface area contributed by atoms with E-state index in [4.69, 9.17) is 9.31 Å². The van der Waals surface area contributed by atoms with E-state index in [0.29, 0.717) is 11.6 Å². The molecule has 5 heteroatoms. The molecule has 3 rings (SSSR count). The highest BCUT2D eigenvalue weighted by molar-refractivity contribution is 6.62. The van der Waals surface area contributed by atoms with Gasteiger partial charge in [-0.2, -0.15) is 0 Å². The minimum absolute atomic E-state index is 0.0110. The number of hydrogen-bond donors (Lipinski definition) is 1. The third-order valence-corrected chi connectivity index (χ3v) is 5.11. The van der Waals surface area contributed by atoms with Crippen molar-refractivity contribution in [2.75, 3.05) is 0 Å². The lowest BCUT2D eigenvalue weighted by molar-refractivity contribution is 0.00578. The zero-order valence-electron chi connectivity index (χ0n) is 13.8. The summed E-state index contributed by atoms with van der Waals surface area (Å²) >= 11 is 0. The number of benzene rings is 1. The predicted octanol–water partition coefficient (Wildman–Crippen LogP) is 2.27. The SMILES string of the molecule is CC1(C)OB(c2cccc(C(=O)NC3CCC3)c2)OC1(C)C. The predicted molar refractivity (Wildman–Crippen MR) is 87.3 cm³/mol. The Balaban J connectivity index is 1.75. The minimum Gasteiger partial charge on any atom is -0.399 e. The quantitative estimate of drug-likeness (QED) is 0.871. The molecule has 1 aromatic rings. The molecular weight excluding hydrogens is 277 g/mol. The van der Waals surface area contributed by atoms with Crippen molar-refractivity contribution in [3.8, 4) is 0 Å². The van der Waals surface area contributed by atoms with Crippen LogP contribution in [0.1, 0.15) is 57.3 Å². The van der Waals surface area contributed by atoms with E-state index in [1.807, 2.05) is 52.0 Å². The second kappa shape index (κ2) is 5.39. The molecule has 1 aromatic carbocycles. The summed E-state index contributed by atoms with van der Waals surface area (Å²) in [6.07, 6.45) is 3.38. The highest BCUT2D eigenvalue weighted by atomic mass is 16.7. The van der Waals surface area contributed by atoms with Crippen molar-refractivity contribution in [2.45, 2.75) is 64.2 Å². The van der Waals surface area contributed by atoms with Crippen LogP contribution >= 0.6 is 0 Å². The molecule has 0 bridgehead atoms. The van der Waals surface area contributed by atoms with E-state index in [2.05, 4.69) is 5.32 Å². The van der Waals surface area contributed by atoms with Crippen molar-refractivity contribution >= 4 is 18.5 Å². The van der Waals surface area contributed by atoms with Crippen molar-refractivity contribution in [2.24, 2.45) is 0 Å². The van der Waals surface area contributed by atoms with Gasteiger partial charge in [-0.3, -0.25) is 4.79 Å². The molecular formula is C17H24BNO3. The molecule has 118 valence electrons. The van der Waals surface area contributed by atoms with Crippen LogP contribution in [-0.2, 0) is 9.31 Å². The monoisotopic (exact) mass is 301 g/mol. The molecule has 1 aliphatic carbocycles. The summed E-state index contributed by atoms with van der Waals surface area (Å²) < 4.78 is 12.1. The van der Waals surface area contributed by atoms with Crippen molar-refractivity contribution < 1.29 is 14.1 Å². The number of rotatable bonds is 3. The number of nitrogens with one attached hydrogen (secondary N) is 1. The molecule has 1 saturated carbocycles. The first-order chi connectivity index (χ1) is 10.3. The standard InChI is InChI=1S/C17H24BNO3/c1-16(2)17(3,4)22-18(21-16)13-8-5-7-12(11-13)15(20)19-14-9-6-10-14/h5,7-8,11,14H,6,9-10H2,1-4H3,(H,19,20). The Labute approximate surface area is 132 Å². The summed E-state index contributed by atoms with van der Waals surface area (Å²) in [7, 11) is -0.429. The molecule has 0 unspecified atom stereocenters. The van der Waals surface area contributed by atoms with Crippen LogP contribution in [0.5, 0.6) is 0 Å². The van der Waals surface area contributed by atoms with Crippen LogP contribution in [0.15, 0.2) is 24.3 Å². The smallest absolute Gasteiger partial charge is 0.399 e. The number of amides is 1. The Bertz CT molecular complexity index is 565. The Morgan fingerprint density at radius 3 is 2.36 bits per heavy atom. The van der Waals surface area contributed by atoms with Gasteiger partial charge >= 0.3 is 7.12 Å². The van der Waals surface area contributed by atoms with Gasteiger partial charge in [-0.05, 0) is 64.6 Å².